The summed E-state index contributed by atoms with van der Waals surface area (Å²) in [4.78, 5) is 21.1. The molecule has 1 aliphatic heterocycles. The molecule has 0 aromatic heterocycles. The van der Waals surface area contributed by atoms with Crippen LogP contribution in [0.1, 0.15) is 0 Å². The van der Waals surface area contributed by atoms with E-state index < -0.39 is 18.2 Å². The Morgan fingerprint density at radius 3 is 2.83 bits per heavy atom. The highest BCUT2D eigenvalue weighted by atomic mass is 16.4. The lowest BCUT2D eigenvalue weighted by molar-refractivity contribution is -0.134. The molecule has 0 spiro atoms. The average molecular weight is 172 g/mol. The van der Waals surface area contributed by atoms with Gasteiger partial charge in [0.05, 0.1) is 0 Å². The number of nitrogens with two attached hydrogens (primary N) is 1. The van der Waals surface area contributed by atoms with Gasteiger partial charge in [-0.2, -0.15) is 0 Å². The summed E-state index contributed by atoms with van der Waals surface area (Å²) in [6.07, 6.45) is 0.199. The van der Waals surface area contributed by atoms with Crippen molar-refractivity contribution in [3.05, 3.63) is 11.8 Å². The fourth-order valence-electron chi connectivity index (χ4n) is 0.755. The maximum atomic E-state index is 10.8. The minimum atomic E-state index is -1.20. The first kappa shape index (κ1) is 8.50. The minimum absolute atomic E-state index is 0.193. The second kappa shape index (κ2) is 3.20. The van der Waals surface area contributed by atoms with E-state index in [1.807, 2.05) is 0 Å². The molecule has 0 fully saturated rings. The first-order chi connectivity index (χ1) is 5.63. The molecule has 1 heterocycles. The summed E-state index contributed by atoms with van der Waals surface area (Å²) in [6, 6.07) is 0. The number of hydrogen-bond donors (Lipinski definition) is 5. The summed E-state index contributed by atoms with van der Waals surface area (Å²) in [7, 11) is 0. The second-order valence-corrected chi connectivity index (χ2v) is 2.12. The van der Waals surface area contributed by atoms with Crippen LogP contribution in [0.2, 0.25) is 0 Å². The van der Waals surface area contributed by atoms with Gasteiger partial charge in [0.1, 0.15) is 5.70 Å². The number of hydrogen-bond acceptors (Lipinski definition) is 5. The Bertz CT molecular complexity index is 249. The van der Waals surface area contributed by atoms with E-state index in [9.17, 15) is 9.59 Å². The van der Waals surface area contributed by atoms with E-state index in [1.54, 1.807) is 0 Å². The number of carbonyl (C=O) groups is 2. The summed E-state index contributed by atoms with van der Waals surface area (Å²) < 4.78 is 0. The summed E-state index contributed by atoms with van der Waals surface area (Å²) in [5.74, 6) is 3.27. The number of carbonyl (C=O) groups excluding carboxylic acids is 1. The standard InChI is InChI=1S/C5H8N4O3/c6-9-5-7-2(4(11)12)1-3(10)8-5/h1,5,7,9H,6H2,(H,8,10)(H,11,12). The monoisotopic (exact) mass is 172 g/mol. The van der Waals surface area contributed by atoms with Gasteiger partial charge < -0.3 is 15.7 Å². The van der Waals surface area contributed by atoms with Crippen molar-refractivity contribution in [2.45, 2.75) is 6.29 Å². The van der Waals surface area contributed by atoms with Crippen LogP contribution >= 0.6 is 0 Å². The molecule has 1 rings (SSSR count). The van der Waals surface area contributed by atoms with Gasteiger partial charge in [-0.1, -0.05) is 0 Å². The normalized spacial score (nSPS) is 22.2. The zero-order valence-electron chi connectivity index (χ0n) is 6.00. The summed E-state index contributed by atoms with van der Waals surface area (Å²) in [5, 5.41) is 13.2. The maximum absolute atomic E-state index is 10.8. The molecule has 7 heteroatoms. The SMILES string of the molecule is NNC1NC(=O)C=C(C(=O)O)N1. The highest BCUT2D eigenvalue weighted by Gasteiger charge is 2.20. The van der Waals surface area contributed by atoms with E-state index in [1.165, 1.54) is 0 Å². The average Bonchev–Trinajstić information content (AvgIpc) is 2.03. The van der Waals surface area contributed by atoms with Crippen LogP contribution in [-0.2, 0) is 9.59 Å². The van der Waals surface area contributed by atoms with Crippen molar-refractivity contribution in [1.82, 2.24) is 16.1 Å². The van der Waals surface area contributed by atoms with Crippen LogP contribution in [0, 0.1) is 0 Å². The van der Waals surface area contributed by atoms with Crippen molar-refractivity contribution >= 4 is 11.9 Å². The second-order valence-electron chi connectivity index (χ2n) is 2.12. The Morgan fingerprint density at radius 2 is 2.33 bits per heavy atom. The fraction of sp³-hybridized carbons (Fsp3) is 0.200. The van der Waals surface area contributed by atoms with Gasteiger partial charge in [-0.15, -0.1) is 0 Å². The van der Waals surface area contributed by atoms with Crippen LogP contribution in [-0.4, -0.2) is 23.3 Å². The molecular weight excluding hydrogens is 164 g/mol. The number of carboxylic acid groups (broad SMARTS) is 1. The number of aliphatic carboxylic acids is 1. The van der Waals surface area contributed by atoms with Gasteiger partial charge in [-0.3, -0.25) is 10.6 Å². The van der Waals surface area contributed by atoms with Crippen molar-refractivity contribution in [2.75, 3.05) is 0 Å². The lowest BCUT2D eigenvalue weighted by Crippen LogP contribution is -2.59. The summed E-state index contributed by atoms with van der Waals surface area (Å²) in [6.45, 7) is 0. The topological polar surface area (TPSA) is 116 Å². The first-order valence-corrected chi connectivity index (χ1v) is 3.11. The number of rotatable bonds is 2. The van der Waals surface area contributed by atoms with Gasteiger partial charge in [-0.05, 0) is 0 Å². The van der Waals surface area contributed by atoms with E-state index in [-0.39, 0.29) is 5.70 Å². The minimum Gasteiger partial charge on any atom is -0.477 e. The van der Waals surface area contributed by atoms with Gasteiger partial charge in [0.2, 0.25) is 5.91 Å². The zero-order chi connectivity index (χ0) is 9.14. The van der Waals surface area contributed by atoms with E-state index in [0.717, 1.165) is 6.08 Å². The smallest absolute Gasteiger partial charge is 0.352 e. The van der Waals surface area contributed by atoms with Crippen LogP contribution in [0.25, 0.3) is 0 Å². The summed E-state index contributed by atoms with van der Waals surface area (Å²) in [5.41, 5.74) is 1.98. The van der Waals surface area contributed by atoms with E-state index >= 15 is 0 Å². The van der Waals surface area contributed by atoms with Crippen LogP contribution in [0.5, 0.6) is 0 Å². The number of nitrogens with one attached hydrogen (secondary N) is 3. The molecule has 0 aromatic carbocycles. The predicted molar refractivity (Wildman–Crippen MR) is 38.1 cm³/mol. The van der Waals surface area contributed by atoms with Crippen molar-refractivity contribution < 1.29 is 14.7 Å². The Hall–Kier alpha value is -1.60. The van der Waals surface area contributed by atoms with Gasteiger partial charge in [0.15, 0.2) is 6.29 Å². The molecule has 1 unspecified atom stereocenters. The quantitative estimate of drug-likeness (QED) is 0.231. The number of hydrazine groups is 1. The summed E-state index contributed by atoms with van der Waals surface area (Å²) >= 11 is 0. The van der Waals surface area contributed by atoms with Crippen LogP contribution < -0.4 is 21.9 Å². The van der Waals surface area contributed by atoms with Crippen molar-refractivity contribution in [3.63, 3.8) is 0 Å². The Kier molecular flexibility index (Phi) is 2.26. The van der Waals surface area contributed by atoms with E-state index in [0.29, 0.717) is 0 Å². The molecule has 66 valence electrons. The third-order valence-corrected chi connectivity index (χ3v) is 1.26. The molecule has 0 bridgehead atoms. The van der Waals surface area contributed by atoms with Crippen LogP contribution in [0.15, 0.2) is 11.8 Å². The predicted octanol–water partition coefficient (Wildman–Crippen LogP) is -2.58. The molecule has 0 aliphatic carbocycles. The molecule has 1 aliphatic rings. The molecule has 0 saturated carbocycles. The largest absolute Gasteiger partial charge is 0.477 e. The zero-order valence-corrected chi connectivity index (χ0v) is 6.00. The Morgan fingerprint density at radius 1 is 1.67 bits per heavy atom. The third kappa shape index (κ3) is 1.71. The molecule has 0 saturated heterocycles. The highest BCUT2D eigenvalue weighted by molar-refractivity contribution is 5.98. The fourth-order valence-corrected chi connectivity index (χ4v) is 0.755. The van der Waals surface area contributed by atoms with Gasteiger partial charge in [0.25, 0.3) is 0 Å². The van der Waals surface area contributed by atoms with E-state index in [2.05, 4.69) is 16.1 Å². The van der Waals surface area contributed by atoms with Gasteiger partial charge >= 0.3 is 5.97 Å². The maximum Gasteiger partial charge on any atom is 0.352 e. The molecule has 0 radical (unpaired) electrons. The van der Waals surface area contributed by atoms with Gasteiger partial charge in [0, 0.05) is 6.08 Å². The molecule has 0 aromatic rings. The number of amides is 1. The molecule has 1 atom stereocenters. The Labute approximate surface area is 67.6 Å². The van der Waals surface area contributed by atoms with Crippen molar-refractivity contribution in [1.29, 1.82) is 0 Å². The lowest BCUT2D eigenvalue weighted by atomic mass is 10.3. The molecule has 6 N–H and O–H groups in total. The molecule has 12 heavy (non-hydrogen) atoms. The van der Waals surface area contributed by atoms with E-state index in [4.69, 9.17) is 10.9 Å². The van der Waals surface area contributed by atoms with Crippen molar-refractivity contribution in [2.24, 2.45) is 5.84 Å². The first-order valence-electron chi connectivity index (χ1n) is 3.11. The lowest BCUT2D eigenvalue weighted by Gasteiger charge is -2.23. The molecule has 1 amide bonds. The third-order valence-electron chi connectivity index (χ3n) is 1.26. The molecular formula is C5H8N4O3. The highest BCUT2D eigenvalue weighted by Crippen LogP contribution is 1.95. The molecule has 7 nitrogen and oxygen atoms in total. The van der Waals surface area contributed by atoms with Crippen LogP contribution in [0.4, 0.5) is 0 Å². The van der Waals surface area contributed by atoms with Crippen molar-refractivity contribution in [3.8, 4) is 0 Å². The van der Waals surface area contributed by atoms with Crippen LogP contribution in [0.3, 0.4) is 0 Å². The van der Waals surface area contributed by atoms with Gasteiger partial charge in [-0.25, -0.2) is 10.2 Å². The Balaban J connectivity index is 2.76. The number of carboxylic acids is 1.